The zero-order valence-corrected chi connectivity index (χ0v) is 16.9. The minimum atomic E-state index is -0.543. The molecule has 0 bridgehead atoms. The number of amides is 1. The zero-order valence-electron chi connectivity index (χ0n) is 16.1. The van der Waals surface area contributed by atoms with Gasteiger partial charge in [0, 0.05) is 9.79 Å². The number of aromatic nitrogens is 2. The Kier molecular flexibility index (Phi) is 5.54. The van der Waals surface area contributed by atoms with Crippen LogP contribution in [0, 0.1) is 0 Å². The van der Waals surface area contributed by atoms with Crippen LogP contribution in [-0.2, 0) is 4.74 Å². The predicted octanol–water partition coefficient (Wildman–Crippen LogP) is 4.70. The number of nitrogens with one attached hydrogen (secondary N) is 2. The van der Waals surface area contributed by atoms with Gasteiger partial charge in [-0.15, -0.1) is 0 Å². The standard InChI is InChI=1S/C21H24N4O2S/c1-25-11-9-15(10-12-25)14-3-5-16(6-4-14)28-17-7-8-18-19(13-17)23-20(22-18)24-21(26)27-2/h3-8,13,15H,9-12H2,1-2H3,(H2,22,23,24,26). The van der Waals surface area contributed by atoms with E-state index in [0.29, 0.717) is 11.9 Å². The number of H-pyrrole nitrogens is 1. The third kappa shape index (κ3) is 4.31. The lowest BCUT2D eigenvalue weighted by molar-refractivity contribution is 0.186. The van der Waals surface area contributed by atoms with Gasteiger partial charge in [-0.1, -0.05) is 23.9 Å². The van der Waals surface area contributed by atoms with Crippen LogP contribution >= 0.6 is 11.8 Å². The van der Waals surface area contributed by atoms with E-state index in [4.69, 9.17) is 0 Å². The van der Waals surface area contributed by atoms with Crippen molar-refractivity contribution in [2.45, 2.75) is 28.6 Å². The number of likely N-dealkylation sites (tertiary alicyclic amines) is 1. The number of carbonyl (C=O) groups is 1. The van der Waals surface area contributed by atoms with Crippen LogP contribution in [0.3, 0.4) is 0 Å². The molecule has 0 aliphatic carbocycles. The van der Waals surface area contributed by atoms with E-state index in [9.17, 15) is 4.79 Å². The van der Waals surface area contributed by atoms with Crippen molar-refractivity contribution in [3.63, 3.8) is 0 Å². The van der Waals surface area contributed by atoms with E-state index in [-0.39, 0.29) is 0 Å². The second-order valence-corrected chi connectivity index (χ2v) is 8.28. The maximum atomic E-state index is 11.3. The SMILES string of the molecule is COC(=O)Nc1nc2cc(Sc3ccc(C4CCN(C)CC4)cc3)ccc2[nH]1. The lowest BCUT2D eigenvalue weighted by Crippen LogP contribution is -2.29. The van der Waals surface area contributed by atoms with Crippen molar-refractivity contribution < 1.29 is 9.53 Å². The predicted molar refractivity (Wildman–Crippen MR) is 112 cm³/mol. The summed E-state index contributed by atoms with van der Waals surface area (Å²) in [4.78, 5) is 23.5. The first-order valence-electron chi connectivity index (χ1n) is 9.42. The van der Waals surface area contributed by atoms with Crippen LogP contribution in [0.15, 0.2) is 52.3 Å². The highest BCUT2D eigenvalue weighted by Gasteiger charge is 2.18. The molecule has 0 radical (unpaired) electrons. The van der Waals surface area contributed by atoms with Gasteiger partial charge in [-0.2, -0.15) is 0 Å². The number of benzene rings is 2. The number of ether oxygens (including phenoxy) is 1. The molecule has 1 aliphatic heterocycles. The van der Waals surface area contributed by atoms with Gasteiger partial charge in [0.25, 0.3) is 0 Å². The number of carbonyl (C=O) groups excluding carboxylic acids is 1. The van der Waals surface area contributed by atoms with Crippen LogP contribution < -0.4 is 5.32 Å². The number of nitrogens with zero attached hydrogens (tertiary/aromatic N) is 2. The number of hydrogen-bond acceptors (Lipinski definition) is 5. The fourth-order valence-corrected chi connectivity index (χ4v) is 4.39. The summed E-state index contributed by atoms with van der Waals surface area (Å²) in [6.07, 6.45) is 1.93. The van der Waals surface area contributed by atoms with E-state index >= 15 is 0 Å². The summed E-state index contributed by atoms with van der Waals surface area (Å²) in [5.74, 6) is 1.06. The maximum absolute atomic E-state index is 11.3. The lowest BCUT2D eigenvalue weighted by atomic mass is 9.90. The Morgan fingerprint density at radius 1 is 1.18 bits per heavy atom. The molecule has 4 rings (SSSR count). The first kappa shape index (κ1) is 18.8. The molecule has 2 heterocycles. The van der Waals surface area contributed by atoms with Gasteiger partial charge in [0.2, 0.25) is 5.95 Å². The van der Waals surface area contributed by atoms with E-state index in [1.807, 2.05) is 12.1 Å². The molecule has 2 aromatic carbocycles. The summed E-state index contributed by atoms with van der Waals surface area (Å²) in [5, 5.41) is 2.55. The molecule has 0 atom stereocenters. The number of fused-ring (bicyclic) bond motifs is 1. The number of piperidine rings is 1. The lowest BCUT2D eigenvalue weighted by Gasteiger charge is -2.29. The van der Waals surface area contributed by atoms with Gasteiger partial charge in [-0.25, -0.2) is 9.78 Å². The van der Waals surface area contributed by atoms with Gasteiger partial charge < -0.3 is 14.6 Å². The molecule has 146 valence electrons. The third-order valence-corrected chi connectivity index (χ3v) is 6.16. The van der Waals surface area contributed by atoms with E-state index in [2.05, 4.69) is 62.3 Å². The zero-order chi connectivity index (χ0) is 19.5. The molecule has 0 spiro atoms. The molecule has 1 aliphatic rings. The maximum Gasteiger partial charge on any atom is 0.413 e. The molecular formula is C21H24N4O2S. The Labute approximate surface area is 168 Å². The topological polar surface area (TPSA) is 70.2 Å². The van der Waals surface area contributed by atoms with Crippen LogP contribution in [0.25, 0.3) is 11.0 Å². The molecule has 3 aromatic rings. The third-order valence-electron chi connectivity index (χ3n) is 5.17. The quantitative estimate of drug-likeness (QED) is 0.669. The molecule has 0 saturated carbocycles. The van der Waals surface area contributed by atoms with Gasteiger partial charge in [-0.3, -0.25) is 5.32 Å². The van der Waals surface area contributed by atoms with E-state index in [0.717, 1.165) is 15.9 Å². The minimum Gasteiger partial charge on any atom is -0.453 e. The highest BCUT2D eigenvalue weighted by atomic mass is 32.2. The Morgan fingerprint density at radius 3 is 2.61 bits per heavy atom. The van der Waals surface area contributed by atoms with Gasteiger partial charge in [0.1, 0.15) is 0 Å². The van der Waals surface area contributed by atoms with Gasteiger partial charge in [-0.05, 0) is 74.8 Å². The highest BCUT2D eigenvalue weighted by molar-refractivity contribution is 7.99. The largest absolute Gasteiger partial charge is 0.453 e. The van der Waals surface area contributed by atoms with Crippen molar-refractivity contribution in [2.75, 3.05) is 32.6 Å². The van der Waals surface area contributed by atoms with Crippen molar-refractivity contribution in [2.24, 2.45) is 0 Å². The minimum absolute atomic E-state index is 0.381. The summed E-state index contributed by atoms with van der Waals surface area (Å²) in [5.41, 5.74) is 3.12. The van der Waals surface area contributed by atoms with Crippen LogP contribution in [0.5, 0.6) is 0 Å². The molecular weight excluding hydrogens is 372 g/mol. The van der Waals surface area contributed by atoms with Crippen LogP contribution in [0.2, 0.25) is 0 Å². The number of hydrogen-bond donors (Lipinski definition) is 2. The Balaban J connectivity index is 1.44. The molecule has 1 saturated heterocycles. The van der Waals surface area contributed by atoms with Crippen molar-refractivity contribution in [1.29, 1.82) is 0 Å². The number of anilines is 1. The smallest absolute Gasteiger partial charge is 0.413 e. The van der Waals surface area contributed by atoms with Crippen molar-refractivity contribution in [3.8, 4) is 0 Å². The van der Waals surface area contributed by atoms with E-state index in [1.54, 1.807) is 11.8 Å². The number of imidazole rings is 1. The normalized spacial score (nSPS) is 15.6. The summed E-state index contributed by atoms with van der Waals surface area (Å²) in [6.45, 7) is 2.36. The Hall–Kier alpha value is -2.51. The van der Waals surface area contributed by atoms with Gasteiger partial charge in [0.05, 0.1) is 18.1 Å². The average molecular weight is 397 g/mol. The molecule has 28 heavy (non-hydrogen) atoms. The molecule has 6 nitrogen and oxygen atoms in total. The fraction of sp³-hybridized carbons (Fsp3) is 0.333. The number of aromatic amines is 1. The molecule has 1 aromatic heterocycles. The van der Waals surface area contributed by atoms with E-state index in [1.165, 1.54) is 43.5 Å². The summed E-state index contributed by atoms with van der Waals surface area (Å²) in [6, 6.07) is 15.0. The number of methoxy groups -OCH3 is 1. The molecule has 1 fully saturated rings. The first-order valence-corrected chi connectivity index (χ1v) is 10.2. The second kappa shape index (κ2) is 8.24. The molecule has 1 amide bonds. The van der Waals surface area contributed by atoms with Crippen LogP contribution in [-0.4, -0.2) is 48.2 Å². The van der Waals surface area contributed by atoms with Crippen LogP contribution in [0.1, 0.15) is 24.3 Å². The second-order valence-electron chi connectivity index (χ2n) is 7.13. The summed E-state index contributed by atoms with van der Waals surface area (Å²) < 4.78 is 4.59. The summed E-state index contributed by atoms with van der Waals surface area (Å²) >= 11 is 1.71. The monoisotopic (exact) mass is 396 g/mol. The van der Waals surface area contributed by atoms with Crippen LogP contribution in [0.4, 0.5) is 10.7 Å². The number of rotatable bonds is 4. The van der Waals surface area contributed by atoms with Crippen molar-refractivity contribution in [1.82, 2.24) is 14.9 Å². The molecule has 7 heteroatoms. The first-order chi connectivity index (χ1) is 13.6. The molecule has 2 N–H and O–H groups in total. The van der Waals surface area contributed by atoms with Crippen molar-refractivity contribution >= 4 is 34.8 Å². The molecule has 0 unspecified atom stereocenters. The van der Waals surface area contributed by atoms with Gasteiger partial charge in [0.15, 0.2) is 0 Å². The van der Waals surface area contributed by atoms with Gasteiger partial charge >= 0.3 is 6.09 Å². The summed E-state index contributed by atoms with van der Waals surface area (Å²) in [7, 11) is 3.52. The fourth-order valence-electron chi connectivity index (χ4n) is 3.54. The Bertz CT molecular complexity index is 962. The van der Waals surface area contributed by atoms with Crippen molar-refractivity contribution in [3.05, 3.63) is 48.0 Å². The highest BCUT2D eigenvalue weighted by Crippen LogP contribution is 2.33. The Morgan fingerprint density at radius 2 is 1.89 bits per heavy atom. The average Bonchev–Trinajstić information content (AvgIpc) is 3.10. The van der Waals surface area contributed by atoms with E-state index < -0.39 is 6.09 Å².